The van der Waals surface area contributed by atoms with Crippen molar-refractivity contribution in [1.82, 2.24) is 15.1 Å². The van der Waals surface area contributed by atoms with Gasteiger partial charge in [0.05, 0.1) is 5.69 Å². The van der Waals surface area contributed by atoms with Gasteiger partial charge in [-0.1, -0.05) is 29.8 Å². The Morgan fingerprint density at radius 2 is 1.79 bits per heavy atom. The second kappa shape index (κ2) is 8.68. The van der Waals surface area contributed by atoms with Crippen molar-refractivity contribution < 1.29 is 18.7 Å². The zero-order valence-corrected chi connectivity index (χ0v) is 16.5. The molecule has 3 rings (SSSR count). The summed E-state index contributed by atoms with van der Waals surface area (Å²) < 4.78 is 20.1. The Morgan fingerprint density at radius 1 is 1.14 bits per heavy atom. The molecular formula is C22H22FN3O3. The van der Waals surface area contributed by atoms with Crippen molar-refractivity contribution in [3.8, 4) is 16.9 Å². The number of ether oxygens (including phenoxy) is 1. The summed E-state index contributed by atoms with van der Waals surface area (Å²) in [6.45, 7) is 5.70. The number of aromatic nitrogens is 2. The maximum absolute atomic E-state index is 13.3. The largest absolute Gasteiger partial charge is 0.449 e. The minimum absolute atomic E-state index is 0.217. The first kappa shape index (κ1) is 20.3. The zero-order valence-electron chi connectivity index (χ0n) is 16.5. The van der Waals surface area contributed by atoms with E-state index in [-0.39, 0.29) is 17.3 Å². The van der Waals surface area contributed by atoms with E-state index in [2.05, 4.69) is 10.4 Å². The Labute approximate surface area is 168 Å². The van der Waals surface area contributed by atoms with Gasteiger partial charge in [-0.2, -0.15) is 5.10 Å². The van der Waals surface area contributed by atoms with Crippen LogP contribution >= 0.6 is 0 Å². The van der Waals surface area contributed by atoms with Crippen molar-refractivity contribution in [1.29, 1.82) is 0 Å². The third-order valence-corrected chi connectivity index (χ3v) is 4.35. The van der Waals surface area contributed by atoms with Crippen LogP contribution in [-0.2, 0) is 9.53 Å². The number of rotatable bonds is 6. The minimum atomic E-state index is -0.942. The third-order valence-electron chi connectivity index (χ3n) is 4.35. The van der Waals surface area contributed by atoms with Crippen molar-refractivity contribution in [2.75, 3.05) is 6.54 Å². The van der Waals surface area contributed by atoms with Crippen LogP contribution in [0, 0.1) is 12.7 Å². The van der Waals surface area contributed by atoms with Gasteiger partial charge >= 0.3 is 5.97 Å². The zero-order chi connectivity index (χ0) is 21.0. The second-order valence-electron chi connectivity index (χ2n) is 6.62. The number of carbonyl (C=O) groups is 2. The number of benzene rings is 2. The summed E-state index contributed by atoms with van der Waals surface area (Å²) in [4.78, 5) is 24.7. The van der Waals surface area contributed by atoms with Gasteiger partial charge in [-0.15, -0.1) is 0 Å². The lowest BCUT2D eigenvalue weighted by Crippen LogP contribution is -2.35. The van der Waals surface area contributed by atoms with Gasteiger partial charge in [0.15, 0.2) is 6.10 Å². The van der Waals surface area contributed by atoms with Crippen LogP contribution < -0.4 is 5.32 Å². The number of nitrogens with zero attached hydrogens (tertiary/aromatic N) is 2. The fourth-order valence-corrected chi connectivity index (χ4v) is 2.77. The molecule has 1 aromatic heterocycles. The number of esters is 1. The number of hydrogen-bond donors (Lipinski definition) is 1. The van der Waals surface area contributed by atoms with Crippen LogP contribution in [0.5, 0.6) is 0 Å². The monoisotopic (exact) mass is 395 g/mol. The molecule has 6 nitrogen and oxygen atoms in total. The summed E-state index contributed by atoms with van der Waals surface area (Å²) in [5.74, 6) is -1.40. The molecule has 1 atom stereocenters. The first-order chi connectivity index (χ1) is 13.9. The summed E-state index contributed by atoms with van der Waals surface area (Å²) in [5, 5.41) is 7.13. The summed E-state index contributed by atoms with van der Waals surface area (Å²) in [5.41, 5.74) is 3.03. The quantitative estimate of drug-likeness (QED) is 0.647. The van der Waals surface area contributed by atoms with Crippen LogP contribution in [0.2, 0.25) is 0 Å². The molecule has 1 amide bonds. The molecule has 150 valence electrons. The molecule has 0 saturated carbocycles. The average molecular weight is 395 g/mol. The highest BCUT2D eigenvalue weighted by atomic mass is 19.1. The summed E-state index contributed by atoms with van der Waals surface area (Å²) in [7, 11) is 0. The molecule has 29 heavy (non-hydrogen) atoms. The molecule has 1 N–H and O–H groups in total. The maximum atomic E-state index is 13.3. The Kier molecular flexibility index (Phi) is 6.07. The molecule has 1 heterocycles. The van der Waals surface area contributed by atoms with Crippen molar-refractivity contribution in [2.24, 2.45) is 0 Å². The predicted molar refractivity (Wildman–Crippen MR) is 107 cm³/mol. The highest BCUT2D eigenvalue weighted by Gasteiger charge is 2.24. The number of likely N-dealkylation sites (N-methyl/N-ethyl adjacent to an activating group) is 1. The lowest BCUT2D eigenvalue weighted by Gasteiger charge is -2.12. The predicted octanol–water partition coefficient (Wildman–Crippen LogP) is 3.67. The topological polar surface area (TPSA) is 73.2 Å². The first-order valence-electron chi connectivity index (χ1n) is 9.30. The second-order valence-corrected chi connectivity index (χ2v) is 6.62. The number of hydrogen-bond acceptors (Lipinski definition) is 4. The van der Waals surface area contributed by atoms with E-state index < -0.39 is 12.1 Å². The molecule has 0 aliphatic carbocycles. The van der Waals surface area contributed by atoms with Gasteiger partial charge < -0.3 is 10.1 Å². The molecule has 0 aliphatic heterocycles. The highest BCUT2D eigenvalue weighted by Crippen LogP contribution is 2.25. The molecule has 0 unspecified atom stereocenters. The van der Waals surface area contributed by atoms with Crippen molar-refractivity contribution >= 4 is 11.9 Å². The van der Waals surface area contributed by atoms with Crippen LogP contribution in [0.3, 0.4) is 0 Å². The smallest absolute Gasteiger partial charge is 0.342 e. The molecule has 7 heteroatoms. The molecule has 0 fully saturated rings. The van der Waals surface area contributed by atoms with Gasteiger partial charge in [0.2, 0.25) is 0 Å². The van der Waals surface area contributed by atoms with Gasteiger partial charge in [-0.05, 0) is 45.0 Å². The molecule has 3 aromatic rings. The van der Waals surface area contributed by atoms with Crippen molar-refractivity contribution in [3.05, 3.63) is 71.7 Å². The molecular weight excluding hydrogens is 373 g/mol. The van der Waals surface area contributed by atoms with Crippen LogP contribution in [0.4, 0.5) is 4.39 Å². The normalized spacial score (nSPS) is 11.7. The van der Waals surface area contributed by atoms with Crippen LogP contribution in [0.25, 0.3) is 16.9 Å². The van der Waals surface area contributed by atoms with Gasteiger partial charge in [0.25, 0.3) is 5.91 Å². The Morgan fingerprint density at radius 3 is 2.41 bits per heavy atom. The van der Waals surface area contributed by atoms with E-state index in [1.54, 1.807) is 19.1 Å². The average Bonchev–Trinajstić information content (AvgIpc) is 3.14. The van der Waals surface area contributed by atoms with Crippen molar-refractivity contribution in [2.45, 2.75) is 26.9 Å². The number of carbonyl (C=O) groups excluding carboxylic acids is 2. The van der Waals surface area contributed by atoms with Gasteiger partial charge in [-0.25, -0.2) is 13.9 Å². The molecule has 0 aliphatic rings. The standard InChI is InChI=1S/C22H22FN3O3/c1-4-24-21(27)15(3)29-22(28)19-13-26(18-11-9-17(23)10-12-18)25-20(19)16-7-5-14(2)6-8-16/h5-13,15H,4H2,1-3H3,(H,24,27)/t15-/m1/s1. The van der Waals surface area contributed by atoms with Gasteiger partial charge in [-0.3, -0.25) is 4.79 Å². The van der Waals surface area contributed by atoms with Crippen LogP contribution in [0.15, 0.2) is 54.7 Å². The molecule has 0 saturated heterocycles. The number of halogens is 1. The fourth-order valence-electron chi connectivity index (χ4n) is 2.77. The number of amides is 1. The highest BCUT2D eigenvalue weighted by molar-refractivity contribution is 5.97. The van der Waals surface area contributed by atoms with Gasteiger partial charge in [0, 0.05) is 18.3 Å². The lowest BCUT2D eigenvalue weighted by molar-refractivity contribution is -0.128. The summed E-state index contributed by atoms with van der Waals surface area (Å²) in [6, 6.07) is 13.3. The minimum Gasteiger partial charge on any atom is -0.449 e. The molecule has 2 aromatic carbocycles. The third kappa shape index (κ3) is 4.68. The molecule has 0 spiro atoms. The molecule has 0 radical (unpaired) electrons. The lowest BCUT2D eigenvalue weighted by atomic mass is 10.1. The number of aryl methyl sites for hydroxylation is 1. The Bertz CT molecular complexity index is 1010. The summed E-state index contributed by atoms with van der Waals surface area (Å²) in [6.07, 6.45) is 0.581. The number of nitrogens with one attached hydrogen (secondary N) is 1. The fraction of sp³-hybridized carbons (Fsp3) is 0.227. The van der Waals surface area contributed by atoms with E-state index in [1.807, 2.05) is 31.2 Å². The maximum Gasteiger partial charge on any atom is 0.342 e. The van der Waals surface area contributed by atoms with E-state index in [0.717, 1.165) is 11.1 Å². The van der Waals surface area contributed by atoms with Crippen LogP contribution in [-0.4, -0.2) is 34.3 Å². The van der Waals surface area contributed by atoms with E-state index in [1.165, 1.54) is 29.9 Å². The van der Waals surface area contributed by atoms with E-state index in [4.69, 9.17) is 4.74 Å². The SMILES string of the molecule is CCNC(=O)[C@@H](C)OC(=O)c1cn(-c2ccc(F)cc2)nc1-c1ccc(C)cc1. The van der Waals surface area contributed by atoms with Crippen molar-refractivity contribution in [3.63, 3.8) is 0 Å². The van der Waals surface area contributed by atoms with E-state index >= 15 is 0 Å². The first-order valence-corrected chi connectivity index (χ1v) is 9.30. The molecule has 0 bridgehead atoms. The Hall–Kier alpha value is -3.48. The summed E-state index contributed by atoms with van der Waals surface area (Å²) >= 11 is 0. The Balaban J connectivity index is 1.99. The van der Waals surface area contributed by atoms with E-state index in [0.29, 0.717) is 17.9 Å². The van der Waals surface area contributed by atoms with Gasteiger partial charge in [0.1, 0.15) is 17.1 Å². The van der Waals surface area contributed by atoms with E-state index in [9.17, 15) is 14.0 Å². The van der Waals surface area contributed by atoms with Crippen LogP contribution in [0.1, 0.15) is 29.8 Å².